The minimum absolute atomic E-state index is 0.289. The Kier molecular flexibility index (Phi) is 5.02. The molecule has 4 nitrogen and oxygen atoms in total. The van der Waals surface area contributed by atoms with Crippen molar-refractivity contribution in [2.24, 2.45) is 0 Å². The number of aliphatic carboxylic acids is 1. The number of rotatable bonds is 1. The Balaban J connectivity index is 0.000000226. The van der Waals surface area contributed by atoms with Gasteiger partial charge in [-0.15, -0.1) is 0 Å². The molecule has 0 aliphatic heterocycles. The first-order chi connectivity index (χ1) is 6.04. The van der Waals surface area contributed by atoms with Crippen molar-refractivity contribution < 1.29 is 19.1 Å². The van der Waals surface area contributed by atoms with E-state index < -0.39 is 11.8 Å². The molecule has 1 aromatic heterocycles. The molecule has 0 saturated carbocycles. The Bertz CT molecular complexity index is 275. The number of carboxylic acid groups (broad SMARTS) is 1. The van der Waals surface area contributed by atoms with Crippen LogP contribution in [0.5, 0.6) is 0 Å². The number of hydrogen-bond acceptors (Lipinski definition) is 3. The minimum Gasteiger partial charge on any atom is -0.476 e. The molecule has 0 bridgehead atoms. The lowest BCUT2D eigenvalue weighted by Gasteiger charge is -1.78. The van der Waals surface area contributed by atoms with E-state index in [-0.39, 0.29) is 5.82 Å². The number of Topliss-reactive ketones (excluding diaryl/α,β-unsaturated/α-hetero) is 1. The molecule has 0 radical (unpaired) electrons. The Morgan fingerprint density at radius 2 is 2.08 bits per heavy atom. The number of hydrogen-bond donors (Lipinski definition) is 1. The second-order valence-corrected chi connectivity index (χ2v) is 2.03. The Morgan fingerprint density at radius 1 is 1.54 bits per heavy atom. The van der Waals surface area contributed by atoms with E-state index in [9.17, 15) is 14.0 Å². The van der Waals surface area contributed by atoms with Crippen molar-refractivity contribution in [1.29, 1.82) is 0 Å². The van der Waals surface area contributed by atoms with Gasteiger partial charge in [-0.05, 0) is 12.1 Å². The maximum absolute atomic E-state index is 11.8. The fourth-order valence-electron chi connectivity index (χ4n) is 0.342. The van der Waals surface area contributed by atoms with Crippen LogP contribution >= 0.6 is 0 Å². The molecule has 1 rings (SSSR count). The summed E-state index contributed by atoms with van der Waals surface area (Å²) in [6, 6.07) is 2.91. The molecule has 0 atom stereocenters. The van der Waals surface area contributed by atoms with Crippen LogP contribution in [0.3, 0.4) is 0 Å². The van der Waals surface area contributed by atoms with Crippen LogP contribution in [0, 0.1) is 5.82 Å². The highest BCUT2D eigenvalue weighted by Gasteiger charge is 1.98. The average Bonchev–Trinajstić information content (AvgIpc) is 2.06. The standard InChI is InChI=1S/C5H4FN.C3H4O3/c6-5-2-1-3-7-4-5;1-2(4)3(5)6/h1-4H;1H3,(H,5,6). The molecule has 0 aliphatic carbocycles. The third-order valence-electron chi connectivity index (χ3n) is 0.927. The van der Waals surface area contributed by atoms with Crippen molar-refractivity contribution in [3.63, 3.8) is 0 Å². The van der Waals surface area contributed by atoms with Crippen molar-refractivity contribution >= 4 is 11.8 Å². The quantitative estimate of drug-likeness (QED) is 0.659. The highest BCUT2D eigenvalue weighted by atomic mass is 19.1. The number of halogens is 1. The van der Waals surface area contributed by atoms with Crippen molar-refractivity contribution in [2.75, 3.05) is 0 Å². The summed E-state index contributed by atoms with van der Waals surface area (Å²) >= 11 is 0. The average molecular weight is 185 g/mol. The highest BCUT2D eigenvalue weighted by molar-refractivity contribution is 6.31. The summed E-state index contributed by atoms with van der Waals surface area (Å²) in [7, 11) is 0. The Morgan fingerprint density at radius 3 is 2.23 bits per heavy atom. The number of carbonyl (C=O) groups is 2. The van der Waals surface area contributed by atoms with Crippen molar-refractivity contribution in [2.45, 2.75) is 6.92 Å². The van der Waals surface area contributed by atoms with Gasteiger partial charge in [0, 0.05) is 13.1 Å². The number of nitrogens with zero attached hydrogens (tertiary/aromatic N) is 1. The van der Waals surface area contributed by atoms with Crippen molar-refractivity contribution in [1.82, 2.24) is 4.98 Å². The zero-order valence-electron chi connectivity index (χ0n) is 6.90. The van der Waals surface area contributed by atoms with Gasteiger partial charge in [-0.3, -0.25) is 9.78 Å². The van der Waals surface area contributed by atoms with E-state index in [1.165, 1.54) is 18.5 Å². The second kappa shape index (κ2) is 5.82. The van der Waals surface area contributed by atoms with E-state index in [0.717, 1.165) is 6.92 Å². The molecule has 70 valence electrons. The van der Waals surface area contributed by atoms with Crippen molar-refractivity contribution in [3.8, 4) is 0 Å². The SMILES string of the molecule is CC(=O)C(=O)O.Fc1cccnc1. The zero-order valence-corrected chi connectivity index (χ0v) is 6.90. The highest BCUT2D eigenvalue weighted by Crippen LogP contribution is 1.87. The van der Waals surface area contributed by atoms with Gasteiger partial charge in [0.25, 0.3) is 0 Å². The van der Waals surface area contributed by atoms with Crippen LogP contribution < -0.4 is 0 Å². The normalized spacial score (nSPS) is 8.15. The molecule has 0 aromatic carbocycles. The lowest BCUT2D eigenvalue weighted by Crippen LogP contribution is -2.05. The molecule has 0 fully saturated rings. The zero-order chi connectivity index (χ0) is 10.3. The molecule has 0 unspecified atom stereocenters. The second-order valence-electron chi connectivity index (χ2n) is 2.03. The molecule has 1 aromatic rings. The molecule has 0 aliphatic rings. The molecular formula is C8H8FNO3. The minimum atomic E-state index is -1.38. The van der Waals surface area contributed by atoms with Gasteiger partial charge in [0.05, 0.1) is 6.20 Å². The molecule has 0 spiro atoms. The van der Waals surface area contributed by atoms with E-state index in [0.29, 0.717) is 0 Å². The number of carboxylic acids is 1. The van der Waals surface area contributed by atoms with Crippen LogP contribution in [0.2, 0.25) is 0 Å². The number of carbonyl (C=O) groups excluding carboxylic acids is 1. The summed E-state index contributed by atoms with van der Waals surface area (Å²) in [5, 5.41) is 7.64. The maximum atomic E-state index is 11.8. The van der Waals surface area contributed by atoms with Crippen LogP contribution in [0.4, 0.5) is 4.39 Å². The summed E-state index contributed by atoms with van der Waals surface area (Å²) in [5.41, 5.74) is 0. The first-order valence-electron chi connectivity index (χ1n) is 3.33. The van der Waals surface area contributed by atoms with Gasteiger partial charge < -0.3 is 5.11 Å². The first kappa shape index (κ1) is 11.2. The van der Waals surface area contributed by atoms with E-state index >= 15 is 0 Å². The summed E-state index contributed by atoms with van der Waals surface area (Å²) in [6.07, 6.45) is 2.70. The first-order valence-corrected chi connectivity index (χ1v) is 3.33. The molecule has 0 saturated heterocycles. The summed E-state index contributed by atoms with van der Waals surface area (Å²) in [6.45, 7) is 1.00. The van der Waals surface area contributed by atoms with Crippen LogP contribution in [-0.2, 0) is 9.59 Å². The Labute approximate surface area is 74.0 Å². The summed E-state index contributed by atoms with van der Waals surface area (Å²) < 4.78 is 11.8. The lowest BCUT2D eigenvalue weighted by atomic mass is 10.5. The summed E-state index contributed by atoms with van der Waals surface area (Å²) in [5.74, 6) is -2.49. The van der Waals surface area contributed by atoms with E-state index in [2.05, 4.69) is 4.98 Å². The molecule has 0 amide bonds. The number of pyridine rings is 1. The smallest absolute Gasteiger partial charge is 0.371 e. The molecule has 1 N–H and O–H groups in total. The van der Waals surface area contributed by atoms with Gasteiger partial charge in [0.1, 0.15) is 5.82 Å². The van der Waals surface area contributed by atoms with Gasteiger partial charge in [0.15, 0.2) is 0 Å². The van der Waals surface area contributed by atoms with E-state index in [4.69, 9.17) is 5.11 Å². The predicted molar refractivity (Wildman–Crippen MR) is 42.5 cm³/mol. The molecule has 5 heteroatoms. The van der Waals surface area contributed by atoms with E-state index in [1.807, 2.05) is 0 Å². The maximum Gasteiger partial charge on any atom is 0.371 e. The van der Waals surface area contributed by atoms with Gasteiger partial charge in [-0.25, -0.2) is 9.18 Å². The lowest BCUT2D eigenvalue weighted by molar-refractivity contribution is -0.148. The Hall–Kier alpha value is -1.78. The van der Waals surface area contributed by atoms with Crippen LogP contribution in [0.15, 0.2) is 24.5 Å². The van der Waals surface area contributed by atoms with Crippen LogP contribution in [0.25, 0.3) is 0 Å². The third kappa shape index (κ3) is 6.61. The molecule has 13 heavy (non-hydrogen) atoms. The van der Waals surface area contributed by atoms with Crippen LogP contribution in [-0.4, -0.2) is 21.8 Å². The monoisotopic (exact) mass is 185 g/mol. The van der Waals surface area contributed by atoms with Gasteiger partial charge in [0.2, 0.25) is 5.78 Å². The third-order valence-corrected chi connectivity index (χ3v) is 0.927. The number of aromatic nitrogens is 1. The van der Waals surface area contributed by atoms with E-state index in [1.54, 1.807) is 6.07 Å². The van der Waals surface area contributed by atoms with Gasteiger partial charge in [-0.2, -0.15) is 0 Å². The number of ketones is 1. The predicted octanol–water partition coefficient (Wildman–Crippen LogP) is 0.881. The topological polar surface area (TPSA) is 67.3 Å². The van der Waals surface area contributed by atoms with Crippen molar-refractivity contribution in [3.05, 3.63) is 30.3 Å². The van der Waals surface area contributed by atoms with Gasteiger partial charge >= 0.3 is 5.97 Å². The fourth-order valence-corrected chi connectivity index (χ4v) is 0.342. The summed E-state index contributed by atoms with van der Waals surface area (Å²) in [4.78, 5) is 22.4. The molecular weight excluding hydrogens is 177 g/mol. The fraction of sp³-hybridized carbons (Fsp3) is 0.125. The molecule has 1 heterocycles. The van der Waals surface area contributed by atoms with Crippen LogP contribution in [0.1, 0.15) is 6.92 Å². The largest absolute Gasteiger partial charge is 0.476 e. The van der Waals surface area contributed by atoms with Gasteiger partial charge in [-0.1, -0.05) is 0 Å².